The van der Waals surface area contributed by atoms with E-state index in [0.717, 1.165) is 23.1 Å². The van der Waals surface area contributed by atoms with Crippen molar-refractivity contribution in [1.29, 1.82) is 0 Å². The van der Waals surface area contributed by atoms with Crippen LogP contribution < -0.4 is 10.9 Å². The molecule has 0 saturated heterocycles. The average Bonchev–Trinajstić information content (AvgIpc) is 2.63. The summed E-state index contributed by atoms with van der Waals surface area (Å²) < 4.78 is 51.8. The van der Waals surface area contributed by atoms with Crippen LogP contribution in [0.4, 0.5) is 0 Å². The van der Waals surface area contributed by atoms with E-state index in [1.165, 1.54) is 14.7 Å². The number of pyridine rings is 1. The molecule has 1 aromatic rings. The van der Waals surface area contributed by atoms with Gasteiger partial charge in [-0.25, -0.2) is 21.1 Å². The SMILES string of the molecule is CCN(CCCNC(=O)Cn1cc(S(=O)(=O)N(CC)CC)ccc1=O)S(C)(=O)=O. The Morgan fingerprint density at radius 3 is 2.14 bits per heavy atom. The Kier molecular flexibility index (Phi) is 9.46. The van der Waals surface area contributed by atoms with Crippen LogP contribution in [0.2, 0.25) is 0 Å². The van der Waals surface area contributed by atoms with Gasteiger partial charge >= 0.3 is 0 Å². The van der Waals surface area contributed by atoms with E-state index in [0.29, 0.717) is 26.1 Å². The number of aromatic nitrogens is 1. The maximum Gasteiger partial charge on any atom is 0.251 e. The lowest BCUT2D eigenvalue weighted by Crippen LogP contribution is -2.36. The number of rotatable bonds is 12. The van der Waals surface area contributed by atoms with Gasteiger partial charge in [0.05, 0.1) is 11.2 Å². The molecule has 12 heteroatoms. The Morgan fingerprint density at radius 2 is 1.62 bits per heavy atom. The summed E-state index contributed by atoms with van der Waals surface area (Å²) in [6, 6.07) is 2.35. The maximum atomic E-state index is 12.6. The number of carbonyl (C=O) groups excluding carboxylic acids is 1. The molecule has 0 bridgehead atoms. The zero-order valence-electron chi connectivity index (χ0n) is 17.3. The monoisotopic (exact) mass is 450 g/mol. The number of amides is 1. The van der Waals surface area contributed by atoms with Crippen molar-refractivity contribution in [3.63, 3.8) is 0 Å². The van der Waals surface area contributed by atoms with E-state index in [-0.39, 0.29) is 24.5 Å². The van der Waals surface area contributed by atoms with Crippen molar-refractivity contribution in [2.24, 2.45) is 0 Å². The number of carbonyl (C=O) groups is 1. The number of hydrogen-bond acceptors (Lipinski definition) is 6. The van der Waals surface area contributed by atoms with Gasteiger partial charge in [-0.1, -0.05) is 20.8 Å². The smallest absolute Gasteiger partial charge is 0.251 e. The summed E-state index contributed by atoms with van der Waals surface area (Å²) in [5.41, 5.74) is -0.493. The minimum Gasteiger partial charge on any atom is -0.355 e. The van der Waals surface area contributed by atoms with Gasteiger partial charge in [-0.05, 0) is 12.5 Å². The summed E-state index contributed by atoms with van der Waals surface area (Å²) in [6.07, 6.45) is 2.71. The van der Waals surface area contributed by atoms with E-state index >= 15 is 0 Å². The highest BCUT2D eigenvalue weighted by Gasteiger charge is 2.22. The maximum absolute atomic E-state index is 12.6. The normalized spacial score (nSPS) is 12.5. The van der Waals surface area contributed by atoms with Crippen molar-refractivity contribution < 1.29 is 21.6 Å². The van der Waals surface area contributed by atoms with Crippen molar-refractivity contribution in [2.75, 3.05) is 39.0 Å². The first-order valence-electron chi connectivity index (χ1n) is 9.39. The molecule has 0 aliphatic carbocycles. The van der Waals surface area contributed by atoms with E-state index in [4.69, 9.17) is 0 Å². The van der Waals surface area contributed by atoms with Crippen LogP contribution in [0, 0.1) is 0 Å². The van der Waals surface area contributed by atoms with E-state index < -0.39 is 31.5 Å². The lowest BCUT2D eigenvalue weighted by atomic mass is 10.4. The van der Waals surface area contributed by atoms with Gasteiger partial charge in [0.15, 0.2) is 0 Å². The predicted octanol–water partition coefficient (Wildman–Crippen LogP) is -0.333. The number of sulfonamides is 2. The average molecular weight is 451 g/mol. The van der Waals surface area contributed by atoms with Crippen LogP contribution in [0.15, 0.2) is 28.0 Å². The molecule has 0 aliphatic heterocycles. The molecule has 0 unspecified atom stereocenters. The molecule has 0 fully saturated rings. The molecule has 0 atom stereocenters. The van der Waals surface area contributed by atoms with Crippen molar-refractivity contribution >= 4 is 26.0 Å². The fourth-order valence-electron chi connectivity index (χ4n) is 2.75. The molecule has 0 radical (unpaired) electrons. The molecule has 1 heterocycles. The van der Waals surface area contributed by atoms with Crippen molar-refractivity contribution in [1.82, 2.24) is 18.5 Å². The van der Waals surface area contributed by atoms with Crippen LogP contribution in [0.3, 0.4) is 0 Å². The molecule has 1 rings (SSSR count). The van der Waals surface area contributed by atoms with E-state index in [1.54, 1.807) is 20.8 Å². The second-order valence-electron chi connectivity index (χ2n) is 6.38. The quantitative estimate of drug-likeness (QED) is 0.435. The molecule has 0 spiro atoms. The standard InChI is InChI=1S/C17H30N4O6S2/c1-5-20(6-2)29(26,27)15-9-10-17(23)19(13-15)14-16(22)18-11-8-12-21(7-3)28(4,24)25/h9-10,13H,5-8,11-12,14H2,1-4H3,(H,18,22). The highest BCUT2D eigenvalue weighted by atomic mass is 32.2. The molecule has 0 aromatic carbocycles. The zero-order chi connectivity index (χ0) is 22.2. The summed E-state index contributed by atoms with van der Waals surface area (Å²) in [4.78, 5) is 24.1. The Morgan fingerprint density at radius 1 is 1.03 bits per heavy atom. The summed E-state index contributed by atoms with van der Waals surface area (Å²) in [7, 11) is -7.03. The fraction of sp³-hybridized carbons (Fsp3) is 0.647. The highest BCUT2D eigenvalue weighted by Crippen LogP contribution is 2.13. The number of hydrogen-bond donors (Lipinski definition) is 1. The lowest BCUT2D eigenvalue weighted by Gasteiger charge is -2.19. The van der Waals surface area contributed by atoms with E-state index in [9.17, 15) is 26.4 Å². The van der Waals surface area contributed by atoms with Gasteiger partial charge in [-0.2, -0.15) is 4.31 Å². The van der Waals surface area contributed by atoms with Gasteiger partial charge < -0.3 is 9.88 Å². The minimum atomic E-state index is -3.74. The third-order valence-electron chi connectivity index (χ3n) is 4.34. The summed E-state index contributed by atoms with van der Waals surface area (Å²) in [6.45, 7) is 6.26. The van der Waals surface area contributed by atoms with Crippen LogP contribution in [-0.2, 0) is 31.4 Å². The molecule has 0 saturated carbocycles. The van der Waals surface area contributed by atoms with Gasteiger partial charge in [0.2, 0.25) is 26.0 Å². The Bertz CT molecular complexity index is 952. The second-order valence-corrected chi connectivity index (χ2v) is 10.3. The van der Waals surface area contributed by atoms with Gasteiger partial charge in [0.25, 0.3) is 5.56 Å². The second kappa shape index (κ2) is 10.9. The number of nitrogens with one attached hydrogen (secondary N) is 1. The first-order valence-corrected chi connectivity index (χ1v) is 12.7. The van der Waals surface area contributed by atoms with Crippen LogP contribution in [0.25, 0.3) is 0 Å². The lowest BCUT2D eigenvalue weighted by molar-refractivity contribution is -0.121. The first kappa shape index (κ1) is 25.3. The van der Waals surface area contributed by atoms with Crippen molar-refractivity contribution in [2.45, 2.75) is 38.6 Å². The minimum absolute atomic E-state index is 0.0552. The van der Waals surface area contributed by atoms with Crippen LogP contribution in [0.1, 0.15) is 27.2 Å². The summed E-state index contributed by atoms with van der Waals surface area (Å²) >= 11 is 0. The molecule has 1 aromatic heterocycles. The topological polar surface area (TPSA) is 126 Å². The van der Waals surface area contributed by atoms with Crippen LogP contribution in [-0.4, -0.2) is 74.9 Å². The highest BCUT2D eigenvalue weighted by molar-refractivity contribution is 7.89. The van der Waals surface area contributed by atoms with Gasteiger partial charge in [0.1, 0.15) is 6.54 Å². The predicted molar refractivity (Wildman–Crippen MR) is 111 cm³/mol. The van der Waals surface area contributed by atoms with Crippen LogP contribution in [0.5, 0.6) is 0 Å². The molecule has 166 valence electrons. The van der Waals surface area contributed by atoms with Gasteiger partial charge in [-0.3, -0.25) is 9.59 Å². The third kappa shape index (κ3) is 7.21. The first-order chi connectivity index (χ1) is 13.5. The van der Waals surface area contributed by atoms with Gasteiger partial charge in [0, 0.05) is 45.0 Å². The molecule has 0 aliphatic rings. The fourth-order valence-corrected chi connectivity index (χ4v) is 5.16. The Labute approximate surface area is 172 Å². The molecule has 1 N–H and O–H groups in total. The number of nitrogens with zero attached hydrogens (tertiary/aromatic N) is 3. The van der Waals surface area contributed by atoms with Gasteiger partial charge in [-0.15, -0.1) is 0 Å². The van der Waals surface area contributed by atoms with E-state index in [1.807, 2.05) is 0 Å². The molecular formula is C17H30N4O6S2. The van der Waals surface area contributed by atoms with Crippen molar-refractivity contribution in [3.05, 3.63) is 28.7 Å². The largest absolute Gasteiger partial charge is 0.355 e. The van der Waals surface area contributed by atoms with E-state index in [2.05, 4.69) is 5.32 Å². The summed E-state index contributed by atoms with van der Waals surface area (Å²) in [5, 5.41) is 2.61. The molecule has 29 heavy (non-hydrogen) atoms. The molecule has 1 amide bonds. The summed E-state index contributed by atoms with van der Waals surface area (Å²) in [5.74, 6) is -0.466. The molecule has 10 nitrogen and oxygen atoms in total. The van der Waals surface area contributed by atoms with Crippen LogP contribution >= 0.6 is 0 Å². The zero-order valence-corrected chi connectivity index (χ0v) is 18.9. The Hall–Kier alpha value is -1.76. The third-order valence-corrected chi connectivity index (χ3v) is 7.75. The van der Waals surface area contributed by atoms with Crippen molar-refractivity contribution in [3.8, 4) is 0 Å². The molecular weight excluding hydrogens is 420 g/mol. The Balaban J connectivity index is 2.76.